The molecule has 54 valence electrons. The van der Waals surface area contributed by atoms with Gasteiger partial charge in [-0.2, -0.15) is 0 Å². The summed E-state index contributed by atoms with van der Waals surface area (Å²) in [4.78, 5) is 0. The Bertz CT molecular complexity index is 108. The number of hydrogen-bond donors (Lipinski definition) is 0. The SMILES string of the molecule is C=C(C)C(Cl)C(C)(C)C. The third-order valence-electron chi connectivity index (χ3n) is 1.19. The molecule has 0 radical (unpaired) electrons. The molecule has 0 aliphatic heterocycles. The highest BCUT2D eigenvalue weighted by Crippen LogP contribution is 2.28. The van der Waals surface area contributed by atoms with Crippen LogP contribution in [0.2, 0.25) is 0 Å². The van der Waals surface area contributed by atoms with Crippen molar-refractivity contribution in [3.05, 3.63) is 12.2 Å². The molecule has 0 spiro atoms. The molecule has 0 saturated carbocycles. The van der Waals surface area contributed by atoms with Gasteiger partial charge in [0.2, 0.25) is 0 Å². The minimum atomic E-state index is 0.0949. The lowest BCUT2D eigenvalue weighted by molar-refractivity contribution is 0.417. The summed E-state index contributed by atoms with van der Waals surface area (Å²) in [7, 11) is 0. The van der Waals surface area contributed by atoms with E-state index in [2.05, 4.69) is 27.4 Å². The van der Waals surface area contributed by atoms with E-state index in [1.807, 2.05) is 6.92 Å². The Morgan fingerprint density at radius 2 is 1.78 bits per heavy atom. The van der Waals surface area contributed by atoms with Crippen LogP contribution in [0.5, 0.6) is 0 Å². The molecule has 0 N–H and O–H groups in total. The summed E-state index contributed by atoms with van der Waals surface area (Å²) in [5.41, 5.74) is 1.19. The van der Waals surface area contributed by atoms with E-state index in [-0.39, 0.29) is 10.8 Å². The van der Waals surface area contributed by atoms with Crippen molar-refractivity contribution in [2.45, 2.75) is 33.1 Å². The van der Waals surface area contributed by atoms with Gasteiger partial charge in [0.05, 0.1) is 5.38 Å². The molecular weight excluding hydrogens is 132 g/mol. The number of halogens is 1. The molecule has 0 aliphatic rings. The van der Waals surface area contributed by atoms with Crippen LogP contribution < -0.4 is 0 Å². The Morgan fingerprint density at radius 1 is 1.44 bits per heavy atom. The molecule has 1 unspecified atom stereocenters. The molecule has 0 saturated heterocycles. The van der Waals surface area contributed by atoms with E-state index in [4.69, 9.17) is 11.6 Å². The highest BCUT2D eigenvalue weighted by Gasteiger charge is 2.21. The van der Waals surface area contributed by atoms with Crippen LogP contribution in [0.1, 0.15) is 27.7 Å². The average Bonchev–Trinajstić information content (AvgIpc) is 1.62. The lowest BCUT2D eigenvalue weighted by Crippen LogP contribution is -2.20. The Hall–Kier alpha value is 0.0300. The molecule has 0 aromatic rings. The van der Waals surface area contributed by atoms with E-state index in [1.165, 1.54) is 0 Å². The molecule has 0 rings (SSSR count). The quantitative estimate of drug-likeness (QED) is 0.394. The van der Waals surface area contributed by atoms with Gasteiger partial charge < -0.3 is 0 Å². The summed E-state index contributed by atoms with van der Waals surface area (Å²) >= 11 is 5.99. The Morgan fingerprint density at radius 3 is 1.78 bits per heavy atom. The fraction of sp³-hybridized carbons (Fsp3) is 0.750. The van der Waals surface area contributed by atoms with Crippen molar-refractivity contribution < 1.29 is 0 Å². The summed E-state index contributed by atoms with van der Waals surface area (Å²) in [5, 5.41) is 0.0949. The molecule has 0 heterocycles. The highest BCUT2D eigenvalue weighted by atomic mass is 35.5. The molecule has 1 heteroatoms. The normalized spacial score (nSPS) is 15.2. The van der Waals surface area contributed by atoms with Crippen LogP contribution in [-0.2, 0) is 0 Å². The second kappa shape index (κ2) is 2.74. The number of alkyl halides is 1. The number of hydrogen-bond acceptors (Lipinski definition) is 0. The predicted octanol–water partition coefficient (Wildman–Crippen LogP) is 3.22. The summed E-state index contributed by atoms with van der Waals surface area (Å²) in [6.07, 6.45) is 0. The van der Waals surface area contributed by atoms with Crippen LogP contribution >= 0.6 is 11.6 Å². The molecule has 0 nitrogen and oxygen atoms in total. The molecule has 0 amide bonds. The van der Waals surface area contributed by atoms with Gasteiger partial charge in [-0.15, -0.1) is 11.6 Å². The summed E-state index contributed by atoms with van der Waals surface area (Å²) in [6, 6.07) is 0. The second-order valence-electron chi connectivity index (χ2n) is 3.57. The lowest BCUT2D eigenvalue weighted by atomic mass is 9.88. The smallest absolute Gasteiger partial charge is 0.0588 e. The minimum absolute atomic E-state index is 0.0949. The molecule has 0 bridgehead atoms. The molecule has 9 heavy (non-hydrogen) atoms. The van der Waals surface area contributed by atoms with Gasteiger partial charge in [-0.1, -0.05) is 32.9 Å². The van der Waals surface area contributed by atoms with Crippen molar-refractivity contribution in [1.29, 1.82) is 0 Å². The van der Waals surface area contributed by atoms with Gasteiger partial charge in [0.25, 0.3) is 0 Å². The van der Waals surface area contributed by atoms with Gasteiger partial charge >= 0.3 is 0 Å². The molecule has 0 fully saturated rings. The maximum Gasteiger partial charge on any atom is 0.0588 e. The molecular formula is C8H15Cl. The fourth-order valence-electron chi connectivity index (χ4n) is 0.739. The highest BCUT2D eigenvalue weighted by molar-refractivity contribution is 6.22. The van der Waals surface area contributed by atoms with Crippen molar-refractivity contribution in [2.75, 3.05) is 0 Å². The van der Waals surface area contributed by atoms with Crippen LogP contribution in [0.25, 0.3) is 0 Å². The van der Waals surface area contributed by atoms with Gasteiger partial charge in [0.1, 0.15) is 0 Å². The summed E-state index contributed by atoms with van der Waals surface area (Å²) in [5.74, 6) is 0. The molecule has 0 aliphatic carbocycles. The van der Waals surface area contributed by atoms with Gasteiger partial charge in [-0.05, 0) is 12.3 Å². The van der Waals surface area contributed by atoms with Crippen LogP contribution in [0, 0.1) is 5.41 Å². The minimum Gasteiger partial charge on any atom is -0.118 e. The van der Waals surface area contributed by atoms with Gasteiger partial charge in [0, 0.05) is 0 Å². The average molecular weight is 147 g/mol. The van der Waals surface area contributed by atoms with Gasteiger partial charge in [0.15, 0.2) is 0 Å². The maximum absolute atomic E-state index is 5.99. The third-order valence-corrected chi connectivity index (χ3v) is 2.22. The maximum atomic E-state index is 5.99. The van der Waals surface area contributed by atoms with Crippen LogP contribution in [0.15, 0.2) is 12.2 Å². The van der Waals surface area contributed by atoms with E-state index in [0.29, 0.717) is 0 Å². The van der Waals surface area contributed by atoms with E-state index < -0.39 is 0 Å². The first-order valence-electron chi connectivity index (χ1n) is 3.15. The topological polar surface area (TPSA) is 0 Å². The molecule has 0 aromatic heterocycles. The number of rotatable bonds is 1. The van der Waals surface area contributed by atoms with E-state index in [0.717, 1.165) is 5.57 Å². The monoisotopic (exact) mass is 146 g/mol. The summed E-state index contributed by atoms with van der Waals surface area (Å²) in [6.45, 7) is 12.1. The third kappa shape index (κ3) is 2.90. The van der Waals surface area contributed by atoms with Crippen LogP contribution in [0.3, 0.4) is 0 Å². The zero-order valence-corrected chi connectivity index (χ0v) is 7.42. The van der Waals surface area contributed by atoms with Gasteiger partial charge in [-0.3, -0.25) is 0 Å². The first-order valence-corrected chi connectivity index (χ1v) is 3.59. The van der Waals surface area contributed by atoms with Gasteiger partial charge in [-0.25, -0.2) is 0 Å². The molecule has 0 aromatic carbocycles. The number of allylic oxidation sites excluding steroid dienone is 1. The van der Waals surface area contributed by atoms with Crippen molar-refractivity contribution in [1.82, 2.24) is 0 Å². The molecule has 1 atom stereocenters. The van der Waals surface area contributed by atoms with Crippen molar-refractivity contribution >= 4 is 11.6 Å². The van der Waals surface area contributed by atoms with E-state index in [9.17, 15) is 0 Å². The first kappa shape index (κ1) is 9.03. The Labute approximate surface area is 62.9 Å². The zero-order valence-electron chi connectivity index (χ0n) is 6.66. The van der Waals surface area contributed by atoms with E-state index in [1.54, 1.807) is 0 Å². The fourth-order valence-corrected chi connectivity index (χ4v) is 0.739. The summed E-state index contributed by atoms with van der Waals surface area (Å²) < 4.78 is 0. The van der Waals surface area contributed by atoms with Crippen molar-refractivity contribution in [2.24, 2.45) is 5.41 Å². The van der Waals surface area contributed by atoms with Crippen molar-refractivity contribution in [3.8, 4) is 0 Å². The predicted molar refractivity (Wildman–Crippen MR) is 43.9 cm³/mol. The Kier molecular flexibility index (Phi) is 2.75. The van der Waals surface area contributed by atoms with E-state index >= 15 is 0 Å². The van der Waals surface area contributed by atoms with Crippen LogP contribution in [-0.4, -0.2) is 5.38 Å². The largest absolute Gasteiger partial charge is 0.118 e. The van der Waals surface area contributed by atoms with Crippen molar-refractivity contribution in [3.63, 3.8) is 0 Å². The standard InChI is InChI=1S/C8H15Cl/c1-6(2)7(9)8(3,4)5/h7H,1H2,2-5H3. The van der Waals surface area contributed by atoms with Crippen LogP contribution in [0.4, 0.5) is 0 Å². The second-order valence-corrected chi connectivity index (χ2v) is 4.01. The lowest BCUT2D eigenvalue weighted by Gasteiger charge is -2.24. The zero-order chi connectivity index (χ0) is 7.65. The first-order chi connectivity index (χ1) is 3.85. The Balaban J connectivity index is 4.04.